The van der Waals surface area contributed by atoms with E-state index in [1.165, 1.54) is 36.4 Å². The molecule has 0 spiro atoms. The van der Waals surface area contributed by atoms with Crippen molar-refractivity contribution in [2.24, 2.45) is 0 Å². The number of halogens is 5. The van der Waals surface area contributed by atoms with Gasteiger partial charge in [0, 0.05) is 16.8 Å². The summed E-state index contributed by atoms with van der Waals surface area (Å²) in [5.41, 5.74) is 0.866. The van der Waals surface area contributed by atoms with Gasteiger partial charge in [0.1, 0.15) is 11.0 Å². The zero-order valence-electron chi connectivity index (χ0n) is 13.7. The molecule has 2 N–H and O–H groups in total. The molecular formula is C17H10ClF4N3O2S. The minimum atomic E-state index is -4.82. The molecule has 0 bridgehead atoms. The monoisotopic (exact) mass is 431 g/mol. The molecule has 1 unspecified atom stereocenters. The van der Waals surface area contributed by atoms with Crippen molar-refractivity contribution in [1.82, 2.24) is 9.97 Å². The second-order valence-electron chi connectivity index (χ2n) is 5.49. The Hall–Kier alpha value is -2.56. The summed E-state index contributed by atoms with van der Waals surface area (Å²) in [4.78, 5) is 6.95. The normalized spacial score (nSPS) is 12.6. The Morgan fingerprint density at radius 2 is 1.54 bits per heavy atom. The van der Waals surface area contributed by atoms with Gasteiger partial charge in [0.25, 0.3) is 11.3 Å². The van der Waals surface area contributed by atoms with Gasteiger partial charge in [-0.1, -0.05) is 23.7 Å². The lowest BCUT2D eigenvalue weighted by Gasteiger charge is -2.14. The largest absolute Gasteiger partial charge is 0.451 e. The first kappa shape index (κ1) is 20.2. The quantitative estimate of drug-likeness (QED) is 0.339. The molecule has 0 radical (unpaired) electrons. The van der Waals surface area contributed by atoms with Gasteiger partial charge in [0.2, 0.25) is 5.82 Å². The van der Waals surface area contributed by atoms with Crippen molar-refractivity contribution in [2.45, 2.75) is 6.18 Å². The first-order chi connectivity index (χ1) is 13.1. The number of hydrogen-bond acceptors (Lipinski definition) is 3. The molecule has 28 heavy (non-hydrogen) atoms. The minimum Gasteiger partial charge on any atom is -0.289 e. The summed E-state index contributed by atoms with van der Waals surface area (Å²) in [6, 6.07) is 10.6. The summed E-state index contributed by atoms with van der Waals surface area (Å²) in [5, 5.41) is -0.437. The molecular weight excluding hydrogens is 422 g/mol. The molecule has 1 atom stereocenters. The van der Waals surface area contributed by atoms with E-state index in [2.05, 4.69) is 14.7 Å². The highest BCUT2D eigenvalue weighted by molar-refractivity contribution is 7.80. The number of nitrogens with one attached hydrogen (secondary N) is 1. The fraction of sp³-hybridized carbons (Fsp3) is 0.0588. The Morgan fingerprint density at radius 3 is 2.07 bits per heavy atom. The lowest BCUT2D eigenvalue weighted by molar-refractivity contribution is -0.144. The maximum atomic E-state index is 13.2. The third kappa shape index (κ3) is 4.46. The van der Waals surface area contributed by atoms with Crippen LogP contribution in [0.5, 0.6) is 0 Å². The van der Waals surface area contributed by atoms with Gasteiger partial charge in [-0.3, -0.25) is 9.27 Å². The predicted octanol–water partition coefficient (Wildman–Crippen LogP) is 5.17. The summed E-state index contributed by atoms with van der Waals surface area (Å²) in [7, 11) is 0. The molecule has 0 aliphatic rings. The summed E-state index contributed by atoms with van der Waals surface area (Å²) in [6.45, 7) is 0. The van der Waals surface area contributed by atoms with Gasteiger partial charge < -0.3 is 0 Å². The van der Waals surface area contributed by atoms with E-state index in [-0.39, 0.29) is 16.8 Å². The molecule has 3 aromatic rings. The molecule has 1 aromatic heterocycles. The number of anilines is 1. The van der Waals surface area contributed by atoms with Gasteiger partial charge in [-0.05, 0) is 42.0 Å². The van der Waals surface area contributed by atoms with Crippen LogP contribution in [0.25, 0.3) is 22.4 Å². The minimum absolute atomic E-state index is 0.109. The van der Waals surface area contributed by atoms with Gasteiger partial charge in [-0.2, -0.15) is 13.2 Å². The standard InChI is InChI=1S/C17H10ClF4N3O2S/c18-15-13(9-3-7-12(8-4-9)25-28(26)27)14(10-1-5-11(19)6-2-10)23-16(24-15)17(20,21)22/h1-8,25H,(H,26,27). The van der Waals surface area contributed by atoms with Crippen LogP contribution in [0.15, 0.2) is 48.5 Å². The lowest BCUT2D eigenvalue weighted by atomic mass is 10.0. The van der Waals surface area contributed by atoms with E-state index < -0.39 is 34.2 Å². The van der Waals surface area contributed by atoms with Gasteiger partial charge in [-0.25, -0.2) is 18.6 Å². The second-order valence-corrected chi connectivity index (χ2v) is 6.56. The highest BCUT2D eigenvalue weighted by Gasteiger charge is 2.36. The van der Waals surface area contributed by atoms with Crippen LogP contribution in [0.2, 0.25) is 5.15 Å². The van der Waals surface area contributed by atoms with Gasteiger partial charge in [-0.15, -0.1) is 0 Å². The number of alkyl halides is 3. The molecule has 0 aliphatic heterocycles. The number of nitrogens with zero attached hydrogens (tertiary/aromatic N) is 2. The molecule has 0 saturated carbocycles. The summed E-state index contributed by atoms with van der Waals surface area (Å²) >= 11 is 3.77. The van der Waals surface area contributed by atoms with Gasteiger partial charge in [0.15, 0.2) is 0 Å². The second kappa shape index (κ2) is 7.82. The SMILES string of the molecule is O=S(O)Nc1ccc(-c2c(Cl)nc(C(F)(F)F)nc2-c2ccc(F)cc2)cc1. The fourth-order valence-electron chi connectivity index (χ4n) is 2.44. The van der Waals surface area contributed by atoms with Crippen molar-refractivity contribution in [1.29, 1.82) is 0 Å². The van der Waals surface area contributed by atoms with E-state index in [0.29, 0.717) is 11.3 Å². The number of aromatic nitrogens is 2. The molecule has 3 rings (SSSR count). The van der Waals surface area contributed by atoms with E-state index in [1.807, 2.05) is 0 Å². The molecule has 2 aromatic carbocycles. The Bertz CT molecular complexity index is 1030. The molecule has 0 aliphatic carbocycles. The highest BCUT2D eigenvalue weighted by Crippen LogP contribution is 2.38. The van der Waals surface area contributed by atoms with Crippen LogP contribution in [-0.4, -0.2) is 18.7 Å². The maximum absolute atomic E-state index is 13.2. The molecule has 0 amide bonds. The molecule has 11 heteroatoms. The predicted molar refractivity (Wildman–Crippen MR) is 97.3 cm³/mol. The van der Waals surface area contributed by atoms with Crippen LogP contribution in [-0.2, 0) is 17.4 Å². The number of benzene rings is 2. The van der Waals surface area contributed by atoms with E-state index in [9.17, 15) is 21.8 Å². The summed E-state index contributed by atoms with van der Waals surface area (Å²) in [5.74, 6) is -1.98. The van der Waals surface area contributed by atoms with Gasteiger partial charge in [0.05, 0.1) is 5.69 Å². The van der Waals surface area contributed by atoms with E-state index in [4.69, 9.17) is 16.2 Å². The smallest absolute Gasteiger partial charge is 0.289 e. The van der Waals surface area contributed by atoms with E-state index in [1.54, 1.807) is 0 Å². The molecule has 1 heterocycles. The van der Waals surface area contributed by atoms with Gasteiger partial charge >= 0.3 is 6.18 Å². The topological polar surface area (TPSA) is 75.1 Å². The van der Waals surface area contributed by atoms with E-state index >= 15 is 0 Å². The van der Waals surface area contributed by atoms with Crippen LogP contribution in [0.1, 0.15) is 5.82 Å². The molecule has 5 nitrogen and oxygen atoms in total. The van der Waals surface area contributed by atoms with Crippen LogP contribution in [0, 0.1) is 5.82 Å². The third-order valence-corrected chi connectivity index (χ3v) is 4.30. The van der Waals surface area contributed by atoms with Crippen molar-refractivity contribution in [2.75, 3.05) is 4.72 Å². The Morgan fingerprint density at radius 1 is 0.964 bits per heavy atom. The first-order valence-corrected chi connectivity index (χ1v) is 9.02. The first-order valence-electron chi connectivity index (χ1n) is 7.54. The molecule has 146 valence electrons. The van der Waals surface area contributed by atoms with Crippen molar-refractivity contribution in [3.8, 4) is 22.4 Å². The number of hydrogen-bond donors (Lipinski definition) is 2. The maximum Gasteiger partial charge on any atom is 0.451 e. The van der Waals surface area contributed by atoms with Crippen molar-refractivity contribution in [3.63, 3.8) is 0 Å². The lowest BCUT2D eigenvalue weighted by Crippen LogP contribution is -2.12. The molecule has 0 saturated heterocycles. The fourth-order valence-corrected chi connectivity index (χ4v) is 3.05. The van der Waals surface area contributed by atoms with Crippen molar-refractivity contribution in [3.05, 3.63) is 65.3 Å². The van der Waals surface area contributed by atoms with Crippen molar-refractivity contribution >= 4 is 28.6 Å². The third-order valence-electron chi connectivity index (χ3n) is 3.61. The average molecular weight is 432 g/mol. The zero-order chi connectivity index (χ0) is 20.5. The number of rotatable bonds is 4. The zero-order valence-corrected chi connectivity index (χ0v) is 15.2. The summed E-state index contributed by atoms with van der Waals surface area (Å²) in [6.07, 6.45) is -4.82. The highest BCUT2D eigenvalue weighted by atomic mass is 35.5. The summed E-state index contributed by atoms with van der Waals surface area (Å²) < 4.78 is 74.5. The Labute approximate surface area is 163 Å². The average Bonchev–Trinajstić information content (AvgIpc) is 2.61. The van der Waals surface area contributed by atoms with E-state index in [0.717, 1.165) is 12.1 Å². The van der Waals surface area contributed by atoms with Crippen LogP contribution >= 0.6 is 11.6 Å². The van der Waals surface area contributed by atoms with Crippen LogP contribution in [0.4, 0.5) is 23.2 Å². The molecule has 0 fully saturated rings. The van der Waals surface area contributed by atoms with Crippen LogP contribution < -0.4 is 4.72 Å². The Balaban J connectivity index is 2.19. The van der Waals surface area contributed by atoms with Crippen molar-refractivity contribution < 1.29 is 26.3 Å². The van der Waals surface area contributed by atoms with Crippen LogP contribution in [0.3, 0.4) is 0 Å². The Kier molecular flexibility index (Phi) is 5.64.